The van der Waals surface area contributed by atoms with E-state index < -0.39 is 0 Å². The molecule has 5 heteroatoms. The first-order chi connectivity index (χ1) is 9.22. The SMILES string of the molecule is CNc1ncccc1C(=O)N(C)CCN1CCCC1. The molecule has 104 valence electrons. The Bertz CT molecular complexity index is 429. The van der Waals surface area contributed by atoms with Crippen LogP contribution in [0.15, 0.2) is 18.3 Å². The third-order valence-electron chi connectivity index (χ3n) is 3.57. The number of carbonyl (C=O) groups is 1. The second-order valence-electron chi connectivity index (χ2n) is 4.93. The fourth-order valence-electron chi connectivity index (χ4n) is 2.38. The molecule has 1 aliphatic heterocycles. The van der Waals surface area contributed by atoms with Crippen LogP contribution in [-0.4, -0.2) is 61.0 Å². The van der Waals surface area contributed by atoms with Gasteiger partial charge < -0.3 is 15.1 Å². The topological polar surface area (TPSA) is 48.5 Å². The highest BCUT2D eigenvalue weighted by Crippen LogP contribution is 2.13. The molecule has 19 heavy (non-hydrogen) atoms. The maximum Gasteiger partial charge on any atom is 0.257 e. The molecule has 1 amide bonds. The van der Waals surface area contributed by atoms with Crippen molar-refractivity contribution in [2.24, 2.45) is 0 Å². The molecular formula is C14H22N4O. The molecule has 0 aromatic carbocycles. The van der Waals surface area contributed by atoms with Crippen LogP contribution in [0.4, 0.5) is 5.82 Å². The van der Waals surface area contributed by atoms with Gasteiger partial charge in [-0.05, 0) is 38.1 Å². The van der Waals surface area contributed by atoms with Crippen LogP contribution in [-0.2, 0) is 0 Å². The van der Waals surface area contributed by atoms with E-state index in [1.54, 1.807) is 24.2 Å². The number of pyridine rings is 1. The summed E-state index contributed by atoms with van der Waals surface area (Å²) in [6.07, 6.45) is 4.25. The van der Waals surface area contributed by atoms with Crippen molar-refractivity contribution in [2.75, 3.05) is 45.6 Å². The molecule has 0 atom stereocenters. The van der Waals surface area contributed by atoms with Crippen LogP contribution >= 0.6 is 0 Å². The van der Waals surface area contributed by atoms with Gasteiger partial charge in [-0.15, -0.1) is 0 Å². The van der Waals surface area contributed by atoms with E-state index in [0.29, 0.717) is 11.4 Å². The summed E-state index contributed by atoms with van der Waals surface area (Å²) in [6, 6.07) is 3.61. The van der Waals surface area contributed by atoms with E-state index in [1.807, 2.05) is 13.1 Å². The Hall–Kier alpha value is -1.62. The van der Waals surface area contributed by atoms with Crippen molar-refractivity contribution in [1.29, 1.82) is 0 Å². The number of likely N-dealkylation sites (N-methyl/N-ethyl adjacent to an activating group) is 1. The third-order valence-corrected chi connectivity index (χ3v) is 3.57. The minimum atomic E-state index is 0.0247. The van der Waals surface area contributed by atoms with E-state index in [0.717, 1.165) is 26.2 Å². The molecule has 0 unspecified atom stereocenters. The largest absolute Gasteiger partial charge is 0.372 e. The van der Waals surface area contributed by atoms with Crippen LogP contribution in [0, 0.1) is 0 Å². The summed E-state index contributed by atoms with van der Waals surface area (Å²) in [5, 5.41) is 2.96. The molecule has 0 radical (unpaired) electrons. The summed E-state index contributed by atoms with van der Waals surface area (Å²) in [7, 11) is 3.63. The normalized spacial score (nSPS) is 15.5. The number of nitrogens with zero attached hydrogens (tertiary/aromatic N) is 3. The number of anilines is 1. The number of rotatable bonds is 5. The molecule has 1 aromatic heterocycles. The van der Waals surface area contributed by atoms with E-state index in [4.69, 9.17) is 0 Å². The van der Waals surface area contributed by atoms with Gasteiger partial charge in [0.15, 0.2) is 0 Å². The van der Waals surface area contributed by atoms with Crippen molar-refractivity contribution in [2.45, 2.75) is 12.8 Å². The van der Waals surface area contributed by atoms with Crippen LogP contribution < -0.4 is 5.32 Å². The first-order valence-corrected chi connectivity index (χ1v) is 6.83. The molecule has 1 N–H and O–H groups in total. The predicted molar refractivity (Wildman–Crippen MR) is 76.4 cm³/mol. The van der Waals surface area contributed by atoms with E-state index >= 15 is 0 Å². The Morgan fingerprint density at radius 1 is 1.47 bits per heavy atom. The highest BCUT2D eigenvalue weighted by atomic mass is 16.2. The van der Waals surface area contributed by atoms with Gasteiger partial charge in [0.25, 0.3) is 5.91 Å². The standard InChI is InChI=1S/C14H22N4O/c1-15-13-12(6-5-7-16-13)14(19)17(2)10-11-18-8-3-4-9-18/h5-7H,3-4,8-11H2,1-2H3,(H,15,16). The molecule has 1 aliphatic rings. The van der Waals surface area contributed by atoms with Crippen molar-refractivity contribution in [3.8, 4) is 0 Å². The molecular weight excluding hydrogens is 240 g/mol. The fourth-order valence-corrected chi connectivity index (χ4v) is 2.38. The fraction of sp³-hybridized carbons (Fsp3) is 0.571. The molecule has 0 saturated carbocycles. The Balaban J connectivity index is 1.94. The van der Waals surface area contributed by atoms with E-state index in [-0.39, 0.29) is 5.91 Å². The molecule has 1 aromatic rings. The van der Waals surface area contributed by atoms with E-state index in [9.17, 15) is 4.79 Å². The van der Waals surface area contributed by atoms with Crippen LogP contribution in [0.2, 0.25) is 0 Å². The highest BCUT2D eigenvalue weighted by molar-refractivity contribution is 5.98. The van der Waals surface area contributed by atoms with Crippen molar-refractivity contribution in [3.05, 3.63) is 23.9 Å². The second kappa shape index (κ2) is 6.52. The van der Waals surface area contributed by atoms with Gasteiger partial charge in [-0.3, -0.25) is 4.79 Å². The van der Waals surface area contributed by atoms with Gasteiger partial charge in [0.2, 0.25) is 0 Å². The Kier molecular flexibility index (Phi) is 4.74. The van der Waals surface area contributed by atoms with Crippen LogP contribution in [0.3, 0.4) is 0 Å². The number of aromatic nitrogens is 1. The Morgan fingerprint density at radius 3 is 2.89 bits per heavy atom. The van der Waals surface area contributed by atoms with Crippen LogP contribution in [0.5, 0.6) is 0 Å². The Morgan fingerprint density at radius 2 is 2.21 bits per heavy atom. The maximum absolute atomic E-state index is 12.4. The monoisotopic (exact) mass is 262 g/mol. The quantitative estimate of drug-likeness (QED) is 0.868. The summed E-state index contributed by atoms with van der Waals surface area (Å²) in [5.74, 6) is 0.664. The van der Waals surface area contributed by atoms with Gasteiger partial charge in [0.1, 0.15) is 5.82 Å². The van der Waals surface area contributed by atoms with Gasteiger partial charge in [-0.2, -0.15) is 0 Å². The van der Waals surface area contributed by atoms with Gasteiger partial charge in [-0.25, -0.2) is 4.98 Å². The number of likely N-dealkylation sites (tertiary alicyclic amines) is 1. The van der Waals surface area contributed by atoms with Gasteiger partial charge in [0.05, 0.1) is 5.56 Å². The first kappa shape index (κ1) is 13.8. The second-order valence-corrected chi connectivity index (χ2v) is 4.93. The number of hydrogen-bond donors (Lipinski definition) is 1. The smallest absolute Gasteiger partial charge is 0.257 e. The summed E-state index contributed by atoms with van der Waals surface area (Å²) in [4.78, 5) is 20.7. The maximum atomic E-state index is 12.4. The summed E-state index contributed by atoms with van der Waals surface area (Å²) < 4.78 is 0. The minimum Gasteiger partial charge on any atom is -0.372 e. The van der Waals surface area contributed by atoms with Gasteiger partial charge in [-0.1, -0.05) is 0 Å². The number of hydrogen-bond acceptors (Lipinski definition) is 4. The molecule has 1 fully saturated rings. The number of nitrogens with one attached hydrogen (secondary N) is 1. The Labute approximate surface area is 114 Å². The van der Waals surface area contributed by atoms with E-state index in [2.05, 4.69) is 15.2 Å². The van der Waals surface area contributed by atoms with Crippen LogP contribution in [0.1, 0.15) is 23.2 Å². The zero-order valence-electron chi connectivity index (χ0n) is 11.7. The summed E-state index contributed by atoms with van der Waals surface area (Å²) in [5.41, 5.74) is 0.633. The summed E-state index contributed by atoms with van der Waals surface area (Å²) in [6.45, 7) is 4.04. The first-order valence-electron chi connectivity index (χ1n) is 6.83. The molecule has 0 spiro atoms. The van der Waals surface area contributed by atoms with E-state index in [1.165, 1.54) is 12.8 Å². The van der Waals surface area contributed by atoms with Crippen molar-refractivity contribution < 1.29 is 4.79 Å². The zero-order chi connectivity index (χ0) is 13.7. The number of amides is 1. The van der Waals surface area contributed by atoms with Crippen LogP contribution in [0.25, 0.3) is 0 Å². The van der Waals surface area contributed by atoms with Crippen molar-refractivity contribution in [3.63, 3.8) is 0 Å². The lowest BCUT2D eigenvalue weighted by atomic mass is 10.2. The number of carbonyl (C=O) groups excluding carboxylic acids is 1. The van der Waals surface area contributed by atoms with Gasteiger partial charge >= 0.3 is 0 Å². The average molecular weight is 262 g/mol. The molecule has 2 rings (SSSR count). The molecule has 2 heterocycles. The van der Waals surface area contributed by atoms with Gasteiger partial charge in [0, 0.05) is 33.4 Å². The molecule has 0 aliphatic carbocycles. The summed E-state index contributed by atoms with van der Waals surface area (Å²) >= 11 is 0. The lowest BCUT2D eigenvalue weighted by Gasteiger charge is -2.22. The highest BCUT2D eigenvalue weighted by Gasteiger charge is 2.17. The molecule has 1 saturated heterocycles. The minimum absolute atomic E-state index is 0.0247. The van der Waals surface area contributed by atoms with Crippen molar-refractivity contribution >= 4 is 11.7 Å². The third kappa shape index (κ3) is 3.44. The molecule has 5 nitrogen and oxygen atoms in total. The molecule has 0 bridgehead atoms. The zero-order valence-corrected chi connectivity index (χ0v) is 11.7. The lowest BCUT2D eigenvalue weighted by molar-refractivity contribution is 0.0783. The van der Waals surface area contributed by atoms with Crippen molar-refractivity contribution in [1.82, 2.24) is 14.8 Å². The lowest BCUT2D eigenvalue weighted by Crippen LogP contribution is -2.35. The average Bonchev–Trinajstić information content (AvgIpc) is 2.97. The predicted octanol–water partition coefficient (Wildman–Crippen LogP) is 1.29.